The van der Waals surface area contributed by atoms with Gasteiger partial charge in [-0.05, 0) is 20.8 Å². The molecule has 0 saturated carbocycles. The Labute approximate surface area is 102 Å². The maximum Gasteiger partial charge on any atom is 0.248 e. The molecule has 6 nitrogen and oxygen atoms in total. The van der Waals surface area contributed by atoms with Gasteiger partial charge in [-0.2, -0.15) is 0 Å². The lowest BCUT2D eigenvalue weighted by molar-refractivity contribution is -0.138. The van der Waals surface area contributed by atoms with E-state index in [1.807, 2.05) is 20.8 Å². The van der Waals surface area contributed by atoms with Crippen molar-refractivity contribution in [2.24, 2.45) is 5.73 Å². The summed E-state index contributed by atoms with van der Waals surface area (Å²) in [6.07, 6.45) is 0. The Morgan fingerprint density at radius 1 is 1.35 bits per heavy atom. The Hall–Kier alpha value is -1.14. The standard InChI is InChI=1S/C11H23N3O3/c1-11(2,3)13-9(15)7-14(4)10(16)8-17-6-5-12/h5-8,12H2,1-4H3,(H,13,15). The number of likely N-dealkylation sites (N-methyl/N-ethyl adjacent to an activating group) is 1. The first-order valence-corrected chi connectivity index (χ1v) is 5.59. The van der Waals surface area contributed by atoms with Gasteiger partial charge < -0.3 is 20.7 Å². The minimum absolute atomic E-state index is 0.0298. The van der Waals surface area contributed by atoms with E-state index in [2.05, 4.69) is 5.32 Å². The molecule has 0 aliphatic rings. The molecule has 0 aromatic heterocycles. The number of hydrogen-bond acceptors (Lipinski definition) is 4. The van der Waals surface area contributed by atoms with Crippen molar-refractivity contribution in [3.63, 3.8) is 0 Å². The molecule has 0 bridgehead atoms. The number of carbonyl (C=O) groups excluding carboxylic acids is 2. The molecule has 0 saturated heterocycles. The van der Waals surface area contributed by atoms with E-state index in [1.54, 1.807) is 7.05 Å². The van der Waals surface area contributed by atoms with Gasteiger partial charge >= 0.3 is 0 Å². The van der Waals surface area contributed by atoms with Gasteiger partial charge in [-0.15, -0.1) is 0 Å². The highest BCUT2D eigenvalue weighted by molar-refractivity contribution is 5.85. The molecule has 0 aliphatic heterocycles. The van der Waals surface area contributed by atoms with Crippen LogP contribution in [0.5, 0.6) is 0 Å². The number of nitrogens with two attached hydrogens (primary N) is 1. The molecular formula is C11H23N3O3. The van der Waals surface area contributed by atoms with Gasteiger partial charge in [-0.25, -0.2) is 0 Å². The third-order valence-electron chi connectivity index (χ3n) is 1.81. The second kappa shape index (κ2) is 7.24. The topological polar surface area (TPSA) is 84.7 Å². The van der Waals surface area contributed by atoms with Crippen LogP contribution < -0.4 is 11.1 Å². The quantitative estimate of drug-likeness (QED) is 0.608. The largest absolute Gasteiger partial charge is 0.370 e. The number of hydrogen-bond donors (Lipinski definition) is 2. The van der Waals surface area contributed by atoms with Crippen molar-refractivity contribution in [2.75, 3.05) is 33.4 Å². The normalized spacial score (nSPS) is 11.1. The van der Waals surface area contributed by atoms with E-state index in [4.69, 9.17) is 10.5 Å². The van der Waals surface area contributed by atoms with Crippen LogP contribution >= 0.6 is 0 Å². The van der Waals surface area contributed by atoms with E-state index in [9.17, 15) is 9.59 Å². The number of amides is 2. The predicted octanol–water partition coefficient (Wildman–Crippen LogP) is -0.665. The number of ether oxygens (including phenoxy) is 1. The van der Waals surface area contributed by atoms with E-state index in [0.29, 0.717) is 13.2 Å². The van der Waals surface area contributed by atoms with Gasteiger partial charge in [-0.3, -0.25) is 9.59 Å². The number of carbonyl (C=O) groups is 2. The average Bonchev–Trinajstić information content (AvgIpc) is 2.14. The first-order chi connectivity index (χ1) is 7.76. The molecule has 0 aromatic rings. The Bertz CT molecular complexity index is 261. The lowest BCUT2D eigenvalue weighted by Crippen LogP contribution is -2.46. The van der Waals surface area contributed by atoms with Crippen molar-refractivity contribution in [1.29, 1.82) is 0 Å². The minimum atomic E-state index is -0.295. The number of rotatable bonds is 6. The van der Waals surface area contributed by atoms with Crippen LogP contribution in [-0.4, -0.2) is 55.6 Å². The molecule has 0 rings (SSSR count). The highest BCUT2D eigenvalue weighted by Crippen LogP contribution is 1.98. The average molecular weight is 245 g/mol. The van der Waals surface area contributed by atoms with Crippen molar-refractivity contribution < 1.29 is 14.3 Å². The fraction of sp³-hybridized carbons (Fsp3) is 0.818. The molecular weight excluding hydrogens is 222 g/mol. The SMILES string of the molecule is CN(CC(=O)NC(C)(C)C)C(=O)COCCN. The molecule has 0 heterocycles. The lowest BCUT2D eigenvalue weighted by Gasteiger charge is -2.23. The summed E-state index contributed by atoms with van der Waals surface area (Å²) in [5, 5.41) is 2.78. The third-order valence-corrected chi connectivity index (χ3v) is 1.81. The van der Waals surface area contributed by atoms with Crippen LogP contribution in [0.1, 0.15) is 20.8 Å². The second-order valence-electron chi connectivity index (χ2n) is 4.89. The van der Waals surface area contributed by atoms with Gasteiger partial charge in [0.1, 0.15) is 6.61 Å². The molecule has 0 atom stereocenters. The smallest absolute Gasteiger partial charge is 0.248 e. The highest BCUT2D eigenvalue weighted by atomic mass is 16.5. The first-order valence-electron chi connectivity index (χ1n) is 5.59. The lowest BCUT2D eigenvalue weighted by atomic mass is 10.1. The monoisotopic (exact) mass is 245 g/mol. The van der Waals surface area contributed by atoms with Crippen LogP contribution in [0.4, 0.5) is 0 Å². The van der Waals surface area contributed by atoms with Crippen LogP contribution in [0, 0.1) is 0 Å². The van der Waals surface area contributed by atoms with Crippen molar-refractivity contribution in [1.82, 2.24) is 10.2 Å². The van der Waals surface area contributed by atoms with E-state index in [1.165, 1.54) is 4.90 Å². The van der Waals surface area contributed by atoms with Gasteiger partial charge in [0, 0.05) is 19.1 Å². The summed E-state index contributed by atoms with van der Waals surface area (Å²) >= 11 is 0. The summed E-state index contributed by atoms with van der Waals surface area (Å²) in [4.78, 5) is 24.4. The number of nitrogens with zero attached hydrogens (tertiary/aromatic N) is 1. The molecule has 0 aliphatic carbocycles. The molecule has 6 heteroatoms. The van der Waals surface area contributed by atoms with Crippen LogP contribution in [0.25, 0.3) is 0 Å². The summed E-state index contributed by atoms with van der Waals surface area (Å²) in [7, 11) is 1.57. The zero-order chi connectivity index (χ0) is 13.5. The summed E-state index contributed by atoms with van der Waals surface area (Å²) in [6.45, 7) is 6.36. The maximum atomic E-state index is 11.5. The Morgan fingerprint density at radius 3 is 2.41 bits per heavy atom. The summed E-state index contributed by atoms with van der Waals surface area (Å²) in [5.74, 6) is -0.422. The van der Waals surface area contributed by atoms with Gasteiger partial charge in [0.25, 0.3) is 0 Å². The van der Waals surface area contributed by atoms with Crippen molar-refractivity contribution in [3.05, 3.63) is 0 Å². The van der Waals surface area contributed by atoms with Crippen LogP contribution in [-0.2, 0) is 14.3 Å². The molecule has 0 spiro atoms. The minimum Gasteiger partial charge on any atom is -0.370 e. The molecule has 3 N–H and O–H groups in total. The molecule has 0 aromatic carbocycles. The van der Waals surface area contributed by atoms with Crippen LogP contribution in [0.15, 0.2) is 0 Å². The highest BCUT2D eigenvalue weighted by Gasteiger charge is 2.17. The van der Waals surface area contributed by atoms with Crippen LogP contribution in [0.2, 0.25) is 0 Å². The van der Waals surface area contributed by atoms with Gasteiger partial charge in [0.15, 0.2) is 0 Å². The zero-order valence-corrected chi connectivity index (χ0v) is 11.1. The third kappa shape index (κ3) is 8.65. The predicted molar refractivity (Wildman–Crippen MR) is 65.4 cm³/mol. The zero-order valence-electron chi connectivity index (χ0n) is 11.1. The van der Waals surface area contributed by atoms with E-state index in [0.717, 1.165) is 0 Å². The second-order valence-corrected chi connectivity index (χ2v) is 4.89. The molecule has 2 amide bonds. The molecule has 100 valence electrons. The van der Waals surface area contributed by atoms with Gasteiger partial charge in [-0.1, -0.05) is 0 Å². The van der Waals surface area contributed by atoms with Crippen molar-refractivity contribution in [2.45, 2.75) is 26.3 Å². The van der Waals surface area contributed by atoms with E-state index in [-0.39, 0.29) is 30.5 Å². The van der Waals surface area contributed by atoms with Gasteiger partial charge in [0.05, 0.1) is 13.2 Å². The molecule has 0 unspecified atom stereocenters. The van der Waals surface area contributed by atoms with Crippen LogP contribution in [0.3, 0.4) is 0 Å². The van der Waals surface area contributed by atoms with Crippen molar-refractivity contribution >= 4 is 11.8 Å². The fourth-order valence-electron chi connectivity index (χ4n) is 1.11. The first kappa shape index (κ1) is 15.9. The Kier molecular flexibility index (Phi) is 6.75. The van der Waals surface area contributed by atoms with E-state index < -0.39 is 0 Å². The summed E-state index contributed by atoms with van der Waals surface area (Å²) in [5.41, 5.74) is 4.93. The van der Waals surface area contributed by atoms with E-state index >= 15 is 0 Å². The fourth-order valence-corrected chi connectivity index (χ4v) is 1.11. The van der Waals surface area contributed by atoms with Gasteiger partial charge in [0.2, 0.25) is 11.8 Å². The molecule has 0 fully saturated rings. The summed E-state index contributed by atoms with van der Waals surface area (Å²) in [6, 6.07) is 0. The van der Waals surface area contributed by atoms with Crippen molar-refractivity contribution in [3.8, 4) is 0 Å². The maximum absolute atomic E-state index is 11.5. The Morgan fingerprint density at radius 2 is 1.94 bits per heavy atom. The number of nitrogens with one attached hydrogen (secondary N) is 1. The molecule has 17 heavy (non-hydrogen) atoms. The summed E-state index contributed by atoms with van der Waals surface area (Å²) < 4.78 is 5.00. The Balaban J connectivity index is 3.95. The molecule has 0 radical (unpaired) electrons.